The summed E-state index contributed by atoms with van der Waals surface area (Å²) in [5, 5.41) is 2.96. The van der Waals surface area contributed by atoms with Crippen LogP contribution < -0.4 is 14.4 Å². The number of hydrogen-bond donors (Lipinski definition) is 1. The van der Waals surface area contributed by atoms with E-state index in [4.69, 9.17) is 4.74 Å². The van der Waals surface area contributed by atoms with E-state index in [2.05, 4.69) is 5.32 Å². The number of rotatable bonds is 8. The van der Waals surface area contributed by atoms with E-state index in [0.29, 0.717) is 12.2 Å². The lowest BCUT2D eigenvalue weighted by Gasteiger charge is -2.41. The van der Waals surface area contributed by atoms with E-state index in [9.17, 15) is 17.6 Å². The lowest BCUT2D eigenvalue weighted by Crippen LogP contribution is -2.49. The lowest BCUT2D eigenvalue weighted by molar-refractivity contribution is -0.121. The minimum atomic E-state index is -4.10. The molecule has 9 heteroatoms. The summed E-state index contributed by atoms with van der Waals surface area (Å²) in [5.41, 5.74) is 0.235. The monoisotopic (exact) mass is 463 g/mol. The molecule has 0 spiro atoms. The van der Waals surface area contributed by atoms with Gasteiger partial charge in [0.2, 0.25) is 5.91 Å². The van der Waals surface area contributed by atoms with Crippen LogP contribution in [0.1, 0.15) is 44.7 Å². The number of fused-ring (bicyclic) bond motifs is 1. The molecule has 0 radical (unpaired) electrons. The molecule has 1 amide bonds. The van der Waals surface area contributed by atoms with E-state index in [-0.39, 0.29) is 11.7 Å². The van der Waals surface area contributed by atoms with Gasteiger partial charge in [-0.3, -0.25) is 4.79 Å². The van der Waals surface area contributed by atoms with E-state index in [0.717, 1.165) is 33.1 Å². The molecule has 3 rings (SSSR count). The average molecular weight is 464 g/mol. The molecule has 1 aliphatic rings. The summed E-state index contributed by atoms with van der Waals surface area (Å²) in [5.74, 6) is -0.542. The van der Waals surface area contributed by atoms with Gasteiger partial charge >= 0.3 is 10.2 Å². The van der Waals surface area contributed by atoms with E-state index >= 15 is 0 Å². The number of benzene rings is 2. The highest BCUT2D eigenvalue weighted by Gasteiger charge is 2.39. The third-order valence-electron chi connectivity index (χ3n) is 5.97. The molecule has 1 N–H and O–H groups in total. The predicted octanol–water partition coefficient (Wildman–Crippen LogP) is 3.64. The van der Waals surface area contributed by atoms with E-state index in [1.807, 2.05) is 38.1 Å². The maximum Gasteiger partial charge on any atom is 0.304 e. The Morgan fingerprint density at radius 2 is 1.75 bits per heavy atom. The second kappa shape index (κ2) is 9.46. The normalized spacial score (nSPS) is 17.4. The second-order valence-electron chi connectivity index (χ2n) is 8.10. The highest BCUT2D eigenvalue weighted by atomic mass is 32.2. The number of carbonyl (C=O) groups excluding carboxylic acids is 1. The zero-order valence-corrected chi connectivity index (χ0v) is 19.7. The van der Waals surface area contributed by atoms with Gasteiger partial charge in [0.1, 0.15) is 23.7 Å². The van der Waals surface area contributed by atoms with Crippen LogP contribution in [0, 0.1) is 5.82 Å². The molecule has 1 atom stereocenters. The van der Waals surface area contributed by atoms with Gasteiger partial charge in [-0.25, -0.2) is 8.70 Å². The number of ether oxygens (including phenoxy) is 1. The number of amides is 1. The fraction of sp³-hybridized carbons (Fsp3) is 0.435. The lowest BCUT2D eigenvalue weighted by atomic mass is 9.83. The van der Waals surface area contributed by atoms with Crippen LogP contribution in [0.5, 0.6) is 5.75 Å². The zero-order chi connectivity index (χ0) is 23.5. The minimum absolute atomic E-state index is 0.180. The Morgan fingerprint density at radius 1 is 1.12 bits per heavy atom. The summed E-state index contributed by atoms with van der Waals surface area (Å²) in [7, 11) is -1.42. The van der Waals surface area contributed by atoms with E-state index in [1.165, 1.54) is 32.3 Å². The fourth-order valence-corrected chi connectivity index (χ4v) is 5.01. The Morgan fingerprint density at radius 3 is 2.38 bits per heavy atom. The van der Waals surface area contributed by atoms with E-state index in [1.54, 1.807) is 0 Å². The van der Waals surface area contributed by atoms with Crippen LogP contribution in [0.4, 0.5) is 10.1 Å². The molecule has 7 nitrogen and oxygen atoms in total. The van der Waals surface area contributed by atoms with Crippen molar-refractivity contribution in [1.82, 2.24) is 9.62 Å². The highest BCUT2D eigenvalue weighted by molar-refractivity contribution is 7.90. The van der Waals surface area contributed by atoms with Gasteiger partial charge in [-0.2, -0.15) is 12.7 Å². The van der Waals surface area contributed by atoms with Crippen molar-refractivity contribution in [1.29, 1.82) is 0 Å². The summed E-state index contributed by atoms with van der Waals surface area (Å²) in [6.07, 6.45) is 2.09. The summed E-state index contributed by atoms with van der Waals surface area (Å²) in [6.45, 7) is 3.53. The van der Waals surface area contributed by atoms with Crippen molar-refractivity contribution in [2.24, 2.45) is 0 Å². The molecule has 0 unspecified atom stereocenters. The van der Waals surface area contributed by atoms with Crippen LogP contribution in [0.25, 0.3) is 0 Å². The first-order valence-corrected chi connectivity index (χ1v) is 12.0. The van der Waals surface area contributed by atoms with Crippen LogP contribution in [0.3, 0.4) is 0 Å². The van der Waals surface area contributed by atoms with Crippen molar-refractivity contribution in [3.05, 3.63) is 59.9 Å². The summed E-state index contributed by atoms with van der Waals surface area (Å²) in [4.78, 5) is 13.1. The van der Waals surface area contributed by atoms with Gasteiger partial charge in [-0.1, -0.05) is 44.2 Å². The number of nitrogens with one attached hydrogen (secondary N) is 1. The SMILES string of the molecule is CCC1(CC)C[C@H](NC(=O)CN(c2ccccc2F)S(=O)(=O)N(C)C)c2ccccc2O1. The van der Waals surface area contributed by atoms with Gasteiger partial charge in [0, 0.05) is 26.1 Å². The Balaban J connectivity index is 1.90. The molecule has 174 valence electrons. The topological polar surface area (TPSA) is 79.0 Å². The molecule has 0 saturated carbocycles. The molecule has 1 heterocycles. The van der Waals surface area contributed by atoms with Crippen molar-refractivity contribution >= 4 is 21.8 Å². The van der Waals surface area contributed by atoms with Gasteiger partial charge in [0.25, 0.3) is 0 Å². The molecule has 0 saturated heterocycles. The maximum absolute atomic E-state index is 14.5. The number of hydrogen-bond acceptors (Lipinski definition) is 4. The van der Waals surface area contributed by atoms with Gasteiger partial charge in [-0.05, 0) is 31.0 Å². The van der Waals surface area contributed by atoms with Crippen LogP contribution in [-0.2, 0) is 15.0 Å². The molecule has 2 aromatic carbocycles. The standard InChI is InChI=1S/C23H30FN3O4S/c1-5-23(6-2)15-19(17-11-7-10-14-21(17)31-23)25-22(28)16-27(32(29,30)26(3)4)20-13-9-8-12-18(20)24/h7-14,19H,5-6,15-16H2,1-4H3,(H,25,28)/t19-/m0/s1. The first kappa shape index (κ1) is 24.0. The average Bonchev–Trinajstić information content (AvgIpc) is 2.77. The highest BCUT2D eigenvalue weighted by Crippen LogP contribution is 2.42. The zero-order valence-electron chi connectivity index (χ0n) is 18.8. The Kier molecular flexibility index (Phi) is 7.09. The minimum Gasteiger partial charge on any atom is -0.487 e. The fourth-order valence-electron chi connectivity index (χ4n) is 3.94. The number of halogens is 1. The van der Waals surface area contributed by atoms with Crippen LogP contribution in [-0.4, -0.2) is 44.9 Å². The Labute approximate surface area is 189 Å². The quantitative estimate of drug-likeness (QED) is 0.648. The third-order valence-corrected chi connectivity index (χ3v) is 7.77. The number of anilines is 1. The molecule has 0 bridgehead atoms. The van der Waals surface area contributed by atoms with Gasteiger partial charge < -0.3 is 10.1 Å². The van der Waals surface area contributed by atoms with Gasteiger partial charge in [-0.15, -0.1) is 0 Å². The van der Waals surface area contributed by atoms with Crippen molar-refractivity contribution in [3.63, 3.8) is 0 Å². The second-order valence-corrected chi connectivity index (χ2v) is 10.2. The molecule has 1 aliphatic heterocycles. The van der Waals surface area contributed by atoms with Crippen molar-refractivity contribution in [2.45, 2.75) is 44.8 Å². The maximum atomic E-state index is 14.5. The van der Waals surface area contributed by atoms with Gasteiger partial charge in [0.05, 0.1) is 11.7 Å². The summed E-state index contributed by atoms with van der Waals surface area (Å²) in [6, 6.07) is 12.7. The first-order chi connectivity index (χ1) is 15.1. The molecule has 0 aliphatic carbocycles. The number of para-hydroxylation sites is 2. The van der Waals surface area contributed by atoms with Crippen LogP contribution in [0.2, 0.25) is 0 Å². The van der Waals surface area contributed by atoms with Crippen molar-refractivity contribution in [3.8, 4) is 5.75 Å². The molecule has 2 aromatic rings. The number of carbonyl (C=O) groups is 1. The molecular weight excluding hydrogens is 433 g/mol. The molecule has 0 aromatic heterocycles. The Hall–Kier alpha value is -2.65. The molecule has 32 heavy (non-hydrogen) atoms. The Bertz CT molecular complexity index is 1070. The summed E-state index contributed by atoms with van der Waals surface area (Å²) < 4.78 is 48.2. The predicted molar refractivity (Wildman–Crippen MR) is 122 cm³/mol. The largest absolute Gasteiger partial charge is 0.487 e. The molecular formula is C23H30FN3O4S. The van der Waals surface area contributed by atoms with Crippen LogP contribution >= 0.6 is 0 Å². The molecule has 0 fully saturated rings. The third kappa shape index (κ3) is 4.73. The van der Waals surface area contributed by atoms with Crippen molar-refractivity contribution in [2.75, 3.05) is 24.9 Å². The van der Waals surface area contributed by atoms with Gasteiger partial charge in [0.15, 0.2) is 0 Å². The smallest absolute Gasteiger partial charge is 0.304 e. The van der Waals surface area contributed by atoms with E-state index < -0.39 is 34.1 Å². The first-order valence-electron chi connectivity index (χ1n) is 10.7. The summed E-state index contributed by atoms with van der Waals surface area (Å²) >= 11 is 0. The van der Waals surface area contributed by atoms with Crippen LogP contribution in [0.15, 0.2) is 48.5 Å². The van der Waals surface area contributed by atoms with Crippen molar-refractivity contribution < 1.29 is 22.3 Å². The number of nitrogens with zero attached hydrogens (tertiary/aromatic N) is 2.